The van der Waals surface area contributed by atoms with Crippen molar-refractivity contribution in [2.24, 2.45) is 5.92 Å². The van der Waals surface area contributed by atoms with Gasteiger partial charge in [-0.15, -0.1) is 14.8 Å². The molecule has 1 N–H and O–H groups in total. The number of nitrogens with one attached hydrogen (secondary N) is 1. The quantitative estimate of drug-likeness (QED) is 0.879. The molecule has 108 valence electrons. The zero-order valence-corrected chi connectivity index (χ0v) is 12.0. The lowest BCUT2D eigenvalue weighted by Gasteiger charge is -2.31. The van der Waals surface area contributed by atoms with Crippen molar-refractivity contribution in [2.75, 3.05) is 25.0 Å². The van der Waals surface area contributed by atoms with Crippen molar-refractivity contribution in [1.29, 1.82) is 0 Å². The third-order valence-corrected chi connectivity index (χ3v) is 3.94. The van der Waals surface area contributed by atoms with Gasteiger partial charge in [-0.25, -0.2) is 0 Å². The zero-order valence-electron chi connectivity index (χ0n) is 12.0. The van der Waals surface area contributed by atoms with Crippen molar-refractivity contribution < 1.29 is 0 Å². The van der Waals surface area contributed by atoms with E-state index in [0.29, 0.717) is 17.6 Å². The van der Waals surface area contributed by atoms with E-state index < -0.39 is 0 Å². The fourth-order valence-electron chi connectivity index (χ4n) is 2.81. The first-order valence-electron chi connectivity index (χ1n) is 7.27. The second-order valence-electron chi connectivity index (χ2n) is 5.68. The van der Waals surface area contributed by atoms with E-state index in [0.717, 1.165) is 12.4 Å². The predicted octanol–water partition coefficient (Wildman–Crippen LogP) is 1.05. The van der Waals surface area contributed by atoms with Crippen LogP contribution in [-0.4, -0.2) is 55.8 Å². The predicted molar refractivity (Wildman–Crippen MR) is 76.5 cm³/mol. The SMILES string of the molecule is CC(C)C(CNc1ccc2nnnn2n1)N1CCCC1. The summed E-state index contributed by atoms with van der Waals surface area (Å²) in [6, 6.07) is 4.34. The van der Waals surface area contributed by atoms with Crippen LogP contribution in [-0.2, 0) is 0 Å². The maximum absolute atomic E-state index is 4.34. The second kappa shape index (κ2) is 5.70. The lowest BCUT2D eigenvalue weighted by atomic mass is 10.0. The molecule has 3 rings (SSSR count). The van der Waals surface area contributed by atoms with E-state index in [1.807, 2.05) is 12.1 Å². The summed E-state index contributed by atoms with van der Waals surface area (Å²) in [6.07, 6.45) is 2.64. The summed E-state index contributed by atoms with van der Waals surface area (Å²) < 4.78 is 1.45. The molecule has 7 nitrogen and oxygen atoms in total. The molecule has 0 bridgehead atoms. The average Bonchev–Trinajstić information content (AvgIpc) is 3.08. The van der Waals surface area contributed by atoms with Gasteiger partial charge in [0.15, 0.2) is 5.65 Å². The van der Waals surface area contributed by atoms with Gasteiger partial charge < -0.3 is 5.32 Å². The average molecular weight is 275 g/mol. The number of aromatic nitrogens is 5. The number of anilines is 1. The van der Waals surface area contributed by atoms with Gasteiger partial charge >= 0.3 is 0 Å². The molecule has 1 unspecified atom stereocenters. The Bertz CT molecular complexity index is 559. The molecular weight excluding hydrogens is 254 g/mol. The third-order valence-electron chi connectivity index (χ3n) is 3.94. The van der Waals surface area contributed by atoms with Crippen LogP contribution in [0.5, 0.6) is 0 Å². The molecule has 20 heavy (non-hydrogen) atoms. The van der Waals surface area contributed by atoms with Crippen LogP contribution in [0.1, 0.15) is 26.7 Å². The first kappa shape index (κ1) is 13.2. The van der Waals surface area contributed by atoms with Gasteiger partial charge in [0.05, 0.1) is 0 Å². The Balaban J connectivity index is 1.66. The molecule has 0 amide bonds. The molecule has 1 aliphatic rings. The summed E-state index contributed by atoms with van der Waals surface area (Å²) in [5.74, 6) is 1.44. The maximum atomic E-state index is 4.34. The van der Waals surface area contributed by atoms with E-state index in [4.69, 9.17) is 0 Å². The molecule has 1 atom stereocenters. The number of rotatable bonds is 5. The molecule has 1 aliphatic heterocycles. The molecule has 0 saturated carbocycles. The van der Waals surface area contributed by atoms with Gasteiger partial charge in [-0.2, -0.15) is 0 Å². The number of fused-ring (bicyclic) bond motifs is 1. The molecule has 1 fully saturated rings. The maximum Gasteiger partial charge on any atom is 0.200 e. The van der Waals surface area contributed by atoms with Gasteiger partial charge in [-0.3, -0.25) is 4.90 Å². The molecule has 2 aromatic rings. The van der Waals surface area contributed by atoms with E-state index in [1.54, 1.807) is 0 Å². The van der Waals surface area contributed by atoms with Gasteiger partial charge in [-0.05, 0) is 54.4 Å². The van der Waals surface area contributed by atoms with E-state index in [2.05, 4.69) is 44.7 Å². The van der Waals surface area contributed by atoms with Crippen molar-refractivity contribution in [2.45, 2.75) is 32.7 Å². The minimum absolute atomic E-state index is 0.545. The lowest BCUT2D eigenvalue weighted by molar-refractivity contribution is 0.201. The van der Waals surface area contributed by atoms with E-state index in [-0.39, 0.29) is 0 Å². The van der Waals surface area contributed by atoms with Crippen LogP contribution >= 0.6 is 0 Å². The Morgan fingerprint density at radius 2 is 2.05 bits per heavy atom. The fourth-order valence-corrected chi connectivity index (χ4v) is 2.81. The summed E-state index contributed by atoms with van der Waals surface area (Å²) in [5, 5.41) is 19.0. The van der Waals surface area contributed by atoms with Crippen molar-refractivity contribution in [3.05, 3.63) is 12.1 Å². The minimum atomic E-state index is 0.545. The highest BCUT2D eigenvalue weighted by molar-refractivity contribution is 5.42. The first-order chi connectivity index (χ1) is 9.74. The van der Waals surface area contributed by atoms with Crippen molar-refractivity contribution >= 4 is 11.5 Å². The van der Waals surface area contributed by atoms with Gasteiger partial charge in [0.25, 0.3) is 0 Å². The normalized spacial score (nSPS) is 17.9. The molecular formula is C13H21N7. The standard InChI is InChI=1S/C13H21N7/c1-10(2)11(19-7-3-4-8-19)9-14-12-5-6-13-15-17-18-20(13)16-12/h5-6,10-11H,3-4,7-9H2,1-2H3,(H,14,16). The van der Waals surface area contributed by atoms with Gasteiger partial charge in [0.1, 0.15) is 5.82 Å². The van der Waals surface area contributed by atoms with Crippen LogP contribution in [0.4, 0.5) is 5.82 Å². The lowest BCUT2D eigenvalue weighted by Crippen LogP contribution is -2.42. The summed E-state index contributed by atoms with van der Waals surface area (Å²) >= 11 is 0. The second-order valence-corrected chi connectivity index (χ2v) is 5.68. The Morgan fingerprint density at radius 3 is 2.80 bits per heavy atom. The Labute approximate surface area is 118 Å². The summed E-state index contributed by atoms with van der Waals surface area (Å²) in [7, 11) is 0. The molecule has 1 saturated heterocycles. The van der Waals surface area contributed by atoms with E-state index in [9.17, 15) is 0 Å². The number of hydrogen-bond acceptors (Lipinski definition) is 6. The van der Waals surface area contributed by atoms with Crippen molar-refractivity contribution in [3.8, 4) is 0 Å². The number of nitrogens with zero attached hydrogens (tertiary/aromatic N) is 6. The monoisotopic (exact) mass is 275 g/mol. The van der Waals surface area contributed by atoms with Crippen LogP contribution in [0.25, 0.3) is 5.65 Å². The molecule has 0 spiro atoms. The van der Waals surface area contributed by atoms with Crippen LogP contribution < -0.4 is 5.32 Å². The topological polar surface area (TPSA) is 71.2 Å². The number of likely N-dealkylation sites (tertiary alicyclic amines) is 1. The summed E-state index contributed by atoms with van der Waals surface area (Å²) in [6.45, 7) is 7.89. The summed E-state index contributed by atoms with van der Waals surface area (Å²) in [4.78, 5) is 2.58. The Morgan fingerprint density at radius 1 is 1.25 bits per heavy atom. The van der Waals surface area contributed by atoms with Gasteiger partial charge in [0, 0.05) is 12.6 Å². The fraction of sp³-hybridized carbons (Fsp3) is 0.692. The first-order valence-corrected chi connectivity index (χ1v) is 7.27. The molecule has 0 radical (unpaired) electrons. The zero-order chi connectivity index (χ0) is 13.9. The van der Waals surface area contributed by atoms with Gasteiger partial charge in [0.2, 0.25) is 0 Å². The Hall–Kier alpha value is -1.76. The highest BCUT2D eigenvalue weighted by Crippen LogP contribution is 2.18. The largest absolute Gasteiger partial charge is 0.367 e. The van der Waals surface area contributed by atoms with Crippen molar-refractivity contribution in [3.63, 3.8) is 0 Å². The van der Waals surface area contributed by atoms with Gasteiger partial charge in [-0.1, -0.05) is 13.8 Å². The summed E-state index contributed by atoms with van der Waals surface area (Å²) in [5.41, 5.74) is 0.663. The number of hydrogen-bond donors (Lipinski definition) is 1. The smallest absolute Gasteiger partial charge is 0.200 e. The van der Waals surface area contributed by atoms with E-state index >= 15 is 0 Å². The van der Waals surface area contributed by atoms with Crippen LogP contribution in [0, 0.1) is 5.92 Å². The number of tetrazole rings is 1. The molecule has 7 heteroatoms. The minimum Gasteiger partial charge on any atom is -0.367 e. The van der Waals surface area contributed by atoms with Crippen LogP contribution in [0.15, 0.2) is 12.1 Å². The van der Waals surface area contributed by atoms with Crippen LogP contribution in [0.3, 0.4) is 0 Å². The molecule has 3 heterocycles. The highest BCUT2D eigenvalue weighted by atomic mass is 15.6. The van der Waals surface area contributed by atoms with Crippen molar-refractivity contribution in [1.82, 2.24) is 30.2 Å². The third kappa shape index (κ3) is 2.72. The van der Waals surface area contributed by atoms with Crippen LogP contribution in [0.2, 0.25) is 0 Å². The highest BCUT2D eigenvalue weighted by Gasteiger charge is 2.24. The molecule has 0 aliphatic carbocycles. The Kier molecular flexibility index (Phi) is 3.77. The van der Waals surface area contributed by atoms with E-state index in [1.165, 1.54) is 30.6 Å². The molecule has 2 aromatic heterocycles. The molecule has 0 aromatic carbocycles.